The molecule has 6 rings (SSSR count). The Morgan fingerprint density at radius 2 is 1.08 bits per heavy atom. The lowest BCUT2D eigenvalue weighted by Gasteiger charge is -2.11. The number of aryl methyl sites for hydroxylation is 1. The number of fused-ring (bicyclic) bond motifs is 2. The standard InChI is InChI=1S/C16H16BBrO5S.C16H17BO6S/c2*18-6-5-12-8-14(19)3-4-16(12)24(21,22)10-11-1-2-13-9-23-17(20)15(13)7-11/h1-4,7-8,19-20H,5-6,9-10H2;1-4,7-8,18-20H,5-6,9-10H2. The molecule has 0 bridgehead atoms. The molecule has 16 heteroatoms. The zero-order chi connectivity index (χ0) is 34.6. The number of benzene rings is 4. The zero-order valence-corrected chi connectivity index (χ0v) is 28.8. The highest BCUT2D eigenvalue weighted by Crippen LogP contribution is 2.27. The van der Waals surface area contributed by atoms with Crippen molar-refractivity contribution in [2.45, 2.75) is 47.4 Å². The molecule has 0 amide bonds. The third-order valence-electron chi connectivity index (χ3n) is 7.96. The first kappa shape index (κ1) is 36.1. The van der Waals surface area contributed by atoms with E-state index in [-0.39, 0.29) is 45.8 Å². The van der Waals surface area contributed by atoms with Crippen LogP contribution in [0.5, 0.6) is 11.5 Å². The molecule has 0 aromatic heterocycles. The van der Waals surface area contributed by atoms with Gasteiger partial charge in [-0.1, -0.05) is 52.3 Å². The number of hydrogen-bond acceptors (Lipinski definition) is 11. The fourth-order valence-corrected chi connectivity index (χ4v) is 9.30. The van der Waals surface area contributed by atoms with Crippen LogP contribution >= 0.6 is 15.9 Å². The monoisotopic (exact) mass is 758 g/mol. The largest absolute Gasteiger partial charge is 0.508 e. The van der Waals surface area contributed by atoms with Gasteiger partial charge in [-0.3, -0.25) is 0 Å². The van der Waals surface area contributed by atoms with Gasteiger partial charge in [-0.05, 0) is 93.5 Å². The minimum Gasteiger partial charge on any atom is -0.508 e. The molecule has 252 valence electrons. The smallest absolute Gasteiger partial charge is 0.491 e. The molecule has 5 N–H and O–H groups in total. The number of rotatable bonds is 10. The fourth-order valence-electron chi connectivity index (χ4n) is 5.65. The highest BCUT2D eigenvalue weighted by Gasteiger charge is 2.30. The van der Waals surface area contributed by atoms with Gasteiger partial charge in [0.25, 0.3) is 0 Å². The van der Waals surface area contributed by atoms with E-state index in [1.165, 1.54) is 36.4 Å². The number of aliphatic hydroxyl groups is 1. The van der Waals surface area contributed by atoms with Crippen LogP contribution in [0.4, 0.5) is 0 Å². The van der Waals surface area contributed by atoms with Crippen molar-refractivity contribution in [3.63, 3.8) is 0 Å². The summed E-state index contributed by atoms with van der Waals surface area (Å²) in [5.74, 6) is -0.415. The molecule has 2 aliphatic rings. The number of aromatic hydroxyl groups is 2. The van der Waals surface area contributed by atoms with Crippen LogP contribution in [0.25, 0.3) is 0 Å². The lowest BCUT2D eigenvalue weighted by molar-refractivity contribution is 0.275. The number of hydrogen-bond donors (Lipinski definition) is 5. The van der Waals surface area contributed by atoms with Crippen LogP contribution in [0, 0.1) is 0 Å². The third-order valence-corrected chi connectivity index (χ3v) is 11.9. The molecule has 0 spiro atoms. The second kappa shape index (κ2) is 15.1. The van der Waals surface area contributed by atoms with Crippen molar-refractivity contribution in [3.05, 3.63) is 106 Å². The Bertz CT molecular complexity index is 1880. The average Bonchev–Trinajstić information content (AvgIpc) is 3.58. The maximum Gasteiger partial charge on any atom is 0.491 e. The van der Waals surface area contributed by atoms with Crippen LogP contribution in [0.1, 0.15) is 33.4 Å². The Balaban J connectivity index is 0.000000188. The molecule has 0 saturated heterocycles. The van der Waals surface area contributed by atoms with E-state index in [9.17, 15) is 37.1 Å². The molecule has 2 heterocycles. The maximum absolute atomic E-state index is 12.8. The van der Waals surface area contributed by atoms with Crippen LogP contribution < -0.4 is 10.9 Å². The Morgan fingerprint density at radius 3 is 1.50 bits per heavy atom. The van der Waals surface area contributed by atoms with Gasteiger partial charge >= 0.3 is 14.2 Å². The van der Waals surface area contributed by atoms with E-state index < -0.39 is 33.9 Å². The number of sulfone groups is 2. The molecule has 48 heavy (non-hydrogen) atoms. The minimum atomic E-state index is -3.66. The number of phenolic OH excluding ortho intramolecular Hbond substituents is 2. The normalized spacial score (nSPS) is 14.0. The summed E-state index contributed by atoms with van der Waals surface area (Å²) < 4.78 is 61.3. The molecule has 0 atom stereocenters. The molecule has 4 aromatic rings. The second-order valence-electron chi connectivity index (χ2n) is 11.4. The Kier molecular flexibility index (Phi) is 11.4. The zero-order valence-electron chi connectivity index (χ0n) is 25.6. The lowest BCUT2D eigenvalue weighted by Crippen LogP contribution is -2.28. The molecule has 4 aromatic carbocycles. The fraction of sp³-hybridized carbons (Fsp3) is 0.250. The van der Waals surface area contributed by atoms with Gasteiger partial charge in [-0.25, -0.2) is 16.8 Å². The summed E-state index contributed by atoms with van der Waals surface area (Å²) in [5, 5.41) is 48.3. The van der Waals surface area contributed by atoms with Gasteiger partial charge in [0, 0.05) is 11.9 Å². The Hall–Kier alpha value is -3.21. The van der Waals surface area contributed by atoms with Gasteiger partial charge in [-0.15, -0.1) is 0 Å². The SMILES string of the molecule is O=S(=O)(Cc1ccc2c(c1)B(O)OC2)c1ccc(O)cc1CCBr.O=S(=O)(Cc1ccc2c(c1)B(O)OC2)c1ccc(O)cc1CCO. The van der Waals surface area contributed by atoms with Crippen LogP contribution in [0.15, 0.2) is 82.6 Å². The van der Waals surface area contributed by atoms with E-state index in [1.54, 1.807) is 36.4 Å². The van der Waals surface area contributed by atoms with Gasteiger partial charge in [0.1, 0.15) is 11.5 Å². The average molecular weight is 759 g/mol. The minimum absolute atomic E-state index is 0.0442. The highest BCUT2D eigenvalue weighted by atomic mass is 79.9. The van der Waals surface area contributed by atoms with E-state index in [1.807, 2.05) is 0 Å². The van der Waals surface area contributed by atoms with Gasteiger partial charge in [-0.2, -0.15) is 0 Å². The van der Waals surface area contributed by atoms with Gasteiger partial charge < -0.3 is 34.7 Å². The van der Waals surface area contributed by atoms with Crippen molar-refractivity contribution in [2.24, 2.45) is 0 Å². The second-order valence-corrected chi connectivity index (χ2v) is 16.1. The van der Waals surface area contributed by atoms with Crippen molar-refractivity contribution in [2.75, 3.05) is 11.9 Å². The van der Waals surface area contributed by atoms with Crippen LogP contribution in [0.3, 0.4) is 0 Å². The number of aliphatic hydroxyl groups excluding tert-OH is 1. The molecule has 2 aliphatic heterocycles. The van der Waals surface area contributed by atoms with Crippen molar-refractivity contribution >= 4 is 60.8 Å². The first-order valence-corrected chi connectivity index (χ1v) is 19.3. The van der Waals surface area contributed by atoms with Crippen LogP contribution in [-0.2, 0) is 66.5 Å². The van der Waals surface area contributed by atoms with Crippen LogP contribution in [0.2, 0.25) is 0 Å². The van der Waals surface area contributed by atoms with E-state index in [4.69, 9.17) is 14.4 Å². The van der Waals surface area contributed by atoms with E-state index in [2.05, 4.69) is 15.9 Å². The Labute approximate surface area is 288 Å². The van der Waals surface area contributed by atoms with Gasteiger partial charge in [0.05, 0.1) is 34.5 Å². The molecular weight excluding hydrogens is 726 g/mol. The van der Waals surface area contributed by atoms with Gasteiger partial charge in [0.2, 0.25) is 0 Å². The molecule has 0 aliphatic carbocycles. The lowest BCUT2D eigenvalue weighted by atomic mass is 9.79. The van der Waals surface area contributed by atoms with E-state index >= 15 is 0 Å². The number of halogens is 1. The summed E-state index contributed by atoms with van der Waals surface area (Å²) in [7, 11) is -9.26. The van der Waals surface area contributed by atoms with Crippen molar-refractivity contribution in [1.82, 2.24) is 0 Å². The molecule has 0 unspecified atom stereocenters. The summed E-state index contributed by atoms with van der Waals surface area (Å²) in [6, 6.07) is 18.6. The topological polar surface area (TPSA) is 188 Å². The van der Waals surface area contributed by atoms with Crippen molar-refractivity contribution in [1.29, 1.82) is 0 Å². The van der Waals surface area contributed by atoms with Crippen molar-refractivity contribution in [3.8, 4) is 11.5 Å². The predicted molar refractivity (Wildman–Crippen MR) is 184 cm³/mol. The summed E-state index contributed by atoms with van der Waals surface area (Å²) in [6.45, 7) is 0.424. The Morgan fingerprint density at radius 1 is 0.646 bits per heavy atom. The summed E-state index contributed by atoms with van der Waals surface area (Å²) >= 11 is 3.30. The molecule has 0 fully saturated rings. The summed E-state index contributed by atoms with van der Waals surface area (Å²) in [5.41, 5.74) is 5.01. The molecule has 0 saturated carbocycles. The third kappa shape index (κ3) is 8.32. The first-order chi connectivity index (χ1) is 22.8. The number of phenols is 2. The molecular formula is C32H33B2BrO11S2. The molecule has 11 nitrogen and oxygen atoms in total. The maximum atomic E-state index is 12.8. The van der Waals surface area contributed by atoms with Crippen LogP contribution in [-0.4, -0.2) is 68.4 Å². The van der Waals surface area contributed by atoms with E-state index in [0.29, 0.717) is 58.1 Å². The predicted octanol–water partition coefficient (Wildman–Crippen LogP) is 1.64. The van der Waals surface area contributed by atoms with Crippen molar-refractivity contribution < 1.29 is 51.5 Å². The van der Waals surface area contributed by atoms with E-state index in [0.717, 1.165) is 11.1 Å². The summed E-state index contributed by atoms with van der Waals surface area (Å²) in [6.07, 6.45) is 0.638. The number of alkyl halides is 1. The quantitative estimate of drug-likeness (QED) is 0.117. The van der Waals surface area contributed by atoms with Gasteiger partial charge in [0.15, 0.2) is 19.7 Å². The molecule has 0 radical (unpaired) electrons. The summed E-state index contributed by atoms with van der Waals surface area (Å²) in [4.78, 5) is 0.309. The first-order valence-electron chi connectivity index (χ1n) is 14.9. The highest BCUT2D eigenvalue weighted by molar-refractivity contribution is 9.09.